The molecule has 1 fully saturated rings. The molecule has 1 amide bonds. The lowest BCUT2D eigenvalue weighted by molar-refractivity contribution is 0.0205. The van der Waals surface area contributed by atoms with E-state index in [4.69, 9.17) is 13.9 Å². The molecule has 1 aliphatic rings. The summed E-state index contributed by atoms with van der Waals surface area (Å²) in [5.41, 5.74) is 0.702. The third-order valence-electron chi connectivity index (χ3n) is 4.65. The highest BCUT2D eigenvalue weighted by Gasteiger charge is 2.30. The van der Waals surface area contributed by atoms with Gasteiger partial charge in [0.05, 0.1) is 5.60 Å². The number of oxazole rings is 1. The molecule has 140 valence electrons. The van der Waals surface area contributed by atoms with Gasteiger partial charge in [0.25, 0.3) is 5.91 Å². The van der Waals surface area contributed by atoms with Crippen LogP contribution in [0.15, 0.2) is 47.2 Å². The van der Waals surface area contributed by atoms with Crippen LogP contribution in [0.25, 0.3) is 10.9 Å². The lowest BCUT2D eigenvalue weighted by atomic mass is 10.0. The zero-order chi connectivity index (χ0) is 18.7. The normalized spacial score (nSPS) is 19.3. The van der Waals surface area contributed by atoms with Gasteiger partial charge in [0.2, 0.25) is 5.89 Å². The van der Waals surface area contributed by atoms with E-state index in [1.807, 2.05) is 37.3 Å². The van der Waals surface area contributed by atoms with Crippen LogP contribution in [0.4, 0.5) is 0 Å². The van der Waals surface area contributed by atoms with Gasteiger partial charge in [-0.1, -0.05) is 18.2 Å². The molecule has 0 spiro atoms. The quantitative estimate of drug-likeness (QED) is 0.720. The monoisotopic (exact) mass is 367 g/mol. The average molecular weight is 367 g/mol. The number of hydrogen-bond acceptors (Lipinski definition) is 6. The molecule has 1 saturated heterocycles. The van der Waals surface area contributed by atoms with Gasteiger partial charge in [-0.15, -0.1) is 0 Å². The van der Waals surface area contributed by atoms with Gasteiger partial charge >= 0.3 is 0 Å². The maximum atomic E-state index is 12.3. The molecule has 1 N–H and O–H groups in total. The second kappa shape index (κ2) is 7.36. The Labute approximate surface area is 156 Å². The number of carbonyl (C=O) groups is 1. The van der Waals surface area contributed by atoms with Crippen molar-refractivity contribution in [2.75, 3.05) is 13.2 Å². The number of carbonyl (C=O) groups excluding carboxylic acids is 1. The fourth-order valence-corrected chi connectivity index (χ4v) is 3.15. The Morgan fingerprint density at radius 1 is 1.33 bits per heavy atom. The SMILES string of the molecule is C[C@]1(CNC(=O)c2coc(COc3cccc4cccnc34)n2)CCCO1. The summed E-state index contributed by atoms with van der Waals surface area (Å²) in [6.07, 6.45) is 5.01. The maximum absolute atomic E-state index is 12.3. The van der Waals surface area contributed by atoms with Crippen molar-refractivity contribution in [3.63, 3.8) is 0 Å². The van der Waals surface area contributed by atoms with Crippen LogP contribution < -0.4 is 10.1 Å². The molecule has 0 unspecified atom stereocenters. The first-order valence-electron chi connectivity index (χ1n) is 8.96. The molecule has 4 rings (SSSR count). The molecule has 0 aliphatic carbocycles. The highest BCUT2D eigenvalue weighted by molar-refractivity contribution is 5.92. The molecule has 0 saturated carbocycles. The van der Waals surface area contributed by atoms with E-state index in [9.17, 15) is 4.79 Å². The molecule has 7 nitrogen and oxygen atoms in total. The molecule has 0 radical (unpaired) electrons. The van der Waals surface area contributed by atoms with Crippen LogP contribution >= 0.6 is 0 Å². The molecule has 1 aliphatic heterocycles. The predicted molar refractivity (Wildman–Crippen MR) is 98.5 cm³/mol. The van der Waals surface area contributed by atoms with E-state index in [1.165, 1.54) is 6.26 Å². The van der Waals surface area contributed by atoms with Crippen LogP contribution in [0.1, 0.15) is 36.1 Å². The van der Waals surface area contributed by atoms with Gasteiger partial charge in [-0.25, -0.2) is 4.98 Å². The van der Waals surface area contributed by atoms with Crippen LogP contribution in [0.3, 0.4) is 0 Å². The summed E-state index contributed by atoms with van der Waals surface area (Å²) in [7, 11) is 0. The van der Waals surface area contributed by atoms with Crippen LogP contribution in [-0.2, 0) is 11.3 Å². The minimum Gasteiger partial charge on any atom is -0.482 e. The fourth-order valence-electron chi connectivity index (χ4n) is 3.15. The summed E-state index contributed by atoms with van der Waals surface area (Å²) in [5, 5.41) is 3.85. The van der Waals surface area contributed by atoms with Crippen molar-refractivity contribution >= 4 is 16.8 Å². The fraction of sp³-hybridized carbons (Fsp3) is 0.350. The lowest BCUT2D eigenvalue weighted by Gasteiger charge is -2.22. The van der Waals surface area contributed by atoms with Crippen molar-refractivity contribution in [1.82, 2.24) is 15.3 Å². The first kappa shape index (κ1) is 17.5. The Kier molecular flexibility index (Phi) is 4.77. The topological polar surface area (TPSA) is 86.5 Å². The average Bonchev–Trinajstić information content (AvgIpc) is 3.34. The highest BCUT2D eigenvalue weighted by atomic mass is 16.5. The van der Waals surface area contributed by atoms with E-state index in [2.05, 4.69) is 15.3 Å². The molecule has 3 aromatic rings. The number of fused-ring (bicyclic) bond motifs is 1. The van der Waals surface area contributed by atoms with E-state index in [0.717, 1.165) is 30.4 Å². The molecule has 2 aromatic heterocycles. The summed E-state index contributed by atoms with van der Waals surface area (Å²) in [5.74, 6) is 0.688. The van der Waals surface area contributed by atoms with Gasteiger partial charge in [-0.3, -0.25) is 9.78 Å². The van der Waals surface area contributed by atoms with Crippen LogP contribution in [0, 0.1) is 0 Å². The Morgan fingerprint density at radius 3 is 3.07 bits per heavy atom. The second-order valence-corrected chi connectivity index (χ2v) is 6.83. The van der Waals surface area contributed by atoms with E-state index in [1.54, 1.807) is 6.20 Å². The summed E-state index contributed by atoms with van der Waals surface area (Å²) >= 11 is 0. The van der Waals surface area contributed by atoms with Gasteiger partial charge in [0.1, 0.15) is 17.5 Å². The van der Waals surface area contributed by atoms with Gasteiger partial charge in [-0.05, 0) is 31.9 Å². The van der Waals surface area contributed by atoms with E-state index >= 15 is 0 Å². The molecule has 7 heteroatoms. The van der Waals surface area contributed by atoms with Gasteiger partial charge in [0.15, 0.2) is 12.3 Å². The second-order valence-electron chi connectivity index (χ2n) is 6.83. The number of benzene rings is 1. The van der Waals surface area contributed by atoms with Crippen molar-refractivity contribution in [1.29, 1.82) is 0 Å². The molecular weight excluding hydrogens is 346 g/mol. The molecule has 0 bridgehead atoms. The zero-order valence-electron chi connectivity index (χ0n) is 15.1. The molecule has 27 heavy (non-hydrogen) atoms. The maximum Gasteiger partial charge on any atom is 0.273 e. The lowest BCUT2D eigenvalue weighted by Crippen LogP contribution is -2.40. The molecule has 3 heterocycles. The Morgan fingerprint density at radius 2 is 2.22 bits per heavy atom. The zero-order valence-corrected chi connectivity index (χ0v) is 15.1. The number of amides is 1. The highest BCUT2D eigenvalue weighted by Crippen LogP contribution is 2.25. The number of nitrogens with zero attached hydrogens (tertiary/aromatic N) is 2. The number of ether oxygens (including phenoxy) is 2. The summed E-state index contributed by atoms with van der Waals surface area (Å²) in [6, 6.07) is 9.56. The minimum absolute atomic E-state index is 0.115. The molecule has 1 aromatic carbocycles. The summed E-state index contributed by atoms with van der Waals surface area (Å²) < 4.78 is 16.8. The van der Waals surface area contributed by atoms with E-state index < -0.39 is 0 Å². The van der Waals surface area contributed by atoms with Crippen molar-refractivity contribution in [2.45, 2.75) is 32.0 Å². The van der Waals surface area contributed by atoms with Crippen molar-refractivity contribution in [3.8, 4) is 5.75 Å². The Hall–Kier alpha value is -2.93. The summed E-state index contributed by atoms with van der Waals surface area (Å²) in [4.78, 5) is 20.8. The van der Waals surface area contributed by atoms with Crippen molar-refractivity contribution < 1.29 is 18.7 Å². The Balaban J connectivity index is 1.37. The van der Waals surface area contributed by atoms with Crippen LogP contribution in [0.2, 0.25) is 0 Å². The first-order valence-corrected chi connectivity index (χ1v) is 8.96. The molecular formula is C20H21N3O4. The van der Waals surface area contributed by atoms with Crippen molar-refractivity contribution in [3.05, 3.63) is 54.4 Å². The van der Waals surface area contributed by atoms with Gasteiger partial charge in [0, 0.05) is 24.7 Å². The smallest absolute Gasteiger partial charge is 0.273 e. The standard InChI is InChI=1S/C20H21N3O4/c1-20(8-4-10-27-20)13-22-19(24)15-11-26-17(23-15)12-25-16-7-2-5-14-6-3-9-21-18(14)16/h2-3,5-7,9,11H,4,8,10,12-13H2,1H3,(H,22,24)/t20-/m1/s1. The van der Waals surface area contributed by atoms with Gasteiger partial charge in [-0.2, -0.15) is 0 Å². The van der Waals surface area contributed by atoms with E-state index in [0.29, 0.717) is 18.2 Å². The van der Waals surface area contributed by atoms with E-state index in [-0.39, 0.29) is 23.8 Å². The van der Waals surface area contributed by atoms with Gasteiger partial charge < -0.3 is 19.2 Å². The Bertz CT molecular complexity index is 942. The van der Waals surface area contributed by atoms with Crippen LogP contribution in [-0.4, -0.2) is 34.6 Å². The number of aromatic nitrogens is 2. The predicted octanol–water partition coefficient (Wildman–Crippen LogP) is 3.10. The number of nitrogens with one attached hydrogen (secondary N) is 1. The van der Waals surface area contributed by atoms with Crippen molar-refractivity contribution in [2.24, 2.45) is 0 Å². The largest absolute Gasteiger partial charge is 0.482 e. The first-order chi connectivity index (χ1) is 13.1. The third kappa shape index (κ3) is 3.93. The summed E-state index contributed by atoms with van der Waals surface area (Å²) in [6.45, 7) is 3.30. The third-order valence-corrected chi connectivity index (χ3v) is 4.65. The number of pyridine rings is 1. The number of hydrogen-bond donors (Lipinski definition) is 1. The number of rotatable bonds is 6. The minimum atomic E-state index is -0.299. The van der Waals surface area contributed by atoms with Crippen LogP contribution in [0.5, 0.6) is 5.75 Å². The molecule has 1 atom stereocenters. The number of para-hydroxylation sites is 1.